The maximum atomic E-state index is 10.2. The van der Waals surface area contributed by atoms with Gasteiger partial charge in [-0.2, -0.15) is 4.98 Å². The molecule has 0 unspecified atom stereocenters. The number of rotatable bonds is 5. The predicted molar refractivity (Wildman–Crippen MR) is 92.3 cm³/mol. The summed E-state index contributed by atoms with van der Waals surface area (Å²) in [6.45, 7) is 4.07. The van der Waals surface area contributed by atoms with Crippen molar-refractivity contribution in [2.45, 2.75) is 38.1 Å². The summed E-state index contributed by atoms with van der Waals surface area (Å²) in [4.78, 5) is 8.31. The number of benzene rings is 1. The van der Waals surface area contributed by atoms with Gasteiger partial charge in [-0.3, -0.25) is 0 Å². The van der Waals surface area contributed by atoms with Crippen LogP contribution in [0.4, 0.5) is 11.8 Å². The van der Waals surface area contributed by atoms with Gasteiger partial charge in [0.05, 0.1) is 0 Å². The number of aromatic hydroxyl groups is 1. The van der Waals surface area contributed by atoms with E-state index in [0.717, 1.165) is 40.1 Å². The lowest BCUT2D eigenvalue weighted by atomic mass is 9.97. The van der Waals surface area contributed by atoms with Crippen LogP contribution in [0.15, 0.2) is 17.2 Å². The zero-order valence-corrected chi connectivity index (χ0v) is 14.0. The number of anilines is 2. The van der Waals surface area contributed by atoms with Crippen LogP contribution < -0.4 is 11.5 Å². The number of phenolic OH excluding ortho intramolecular Hbond substituents is 1. The van der Waals surface area contributed by atoms with E-state index in [1.54, 1.807) is 0 Å². The van der Waals surface area contributed by atoms with E-state index in [1.165, 1.54) is 11.8 Å². The number of hydrogen-bond acceptors (Lipinski definition) is 6. The van der Waals surface area contributed by atoms with Crippen LogP contribution in [0.3, 0.4) is 0 Å². The van der Waals surface area contributed by atoms with E-state index in [2.05, 4.69) is 9.97 Å². The van der Waals surface area contributed by atoms with Gasteiger partial charge in [-0.1, -0.05) is 26.0 Å². The first-order valence-electron chi connectivity index (χ1n) is 7.29. The van der Waals surface area contributed by atoms with Crippen LogP contribution >= 0.6 is 11.8 Å². The van der Waals surface area contributed by atoms with E-state index >= 15 is 0 Å². The van der Waals surface area contributed by atoms with Crippen molar-refractivity contribution in [3.05, 3.63) is 34.4 Å². The second-order valence-corrected chi connectivity index (χ2v) is 5.90. The van der Waals surface area contributed by atoms with Crippen molar-refractivity contribution >= 4 is 23.5 Å². The number of nitrogen functional groups attached to an aromatic ring is 2. The van der Waals surface area contributed by atoms with Gasteiger partial charge in [-0.05, 0) is 35.8 Å². The molecule has 1 aromatic heterocycles. The number of aryl methyl sites for hydroxylation is 2. The highest BCUT2D eigenvalue weighted by Gasteiger charge is 2.14. The largest absolute Gasteiger partial charge is 0.507 e. The molecule has 2 rings (SSSR count). The molecule has 0 atom stereocenters. The van der Waals surface area contributed by atoms with Gasteiger partial charge in [0.15, 0.2) is 0 Å². The molecule has 0 aliphatic carbocycles. The third-order valence-corrected chi connectivity index (χ3v) is 4.41. The number of thioether (sulfide) groups is 1. The molecule has 0 radical (unpaired) electrons. The Morgan fingerprint density at radius 2 is 1.68 bits per heavy atom. The summed E-state index contributed by atoms with van der Waals surface area (Å²) in [5, 5.41) is 11.0. The third-order valence-electron chi connectivity index (χ3n) is 3.68. The monoisotopic (exact) mass is 318 g/mol. The van der Waals surface area contributed by atoms with Crippen LogP contribution in [0, 0.1) is 0 Å². The van der Waals surface area contributed by atoms with E-state index in [1.807, 2.05) is 32.2 Å². The van der Waals surface area contributed by atoms with Gasteiger partial charge in [0.2, 0.25) is 5.95 Å². The van der Waals surface area contributed by atoms with Crippen LogP contribution in [0.1, 0.15) is 36.1 Å². The maximum absolute atomic E-state index is 10.2. The lowest BCUT2D eigenvalue weighted by molar-refractivity contribution is 0.462. The minimum absolute atomic E-state index is 0.194. The van der Waals surface area contributed by atoms with Gasteiger partial charge >= 0.3 is 0 Å². The zero-order valence-electron chi connectivity index (χ0n) is 13.2. The fraction of sp³-hybridized carbons (Fsp3) is 0.375. The van der Waals surface area contributed by atoms with Gasteiger partial charge in [-0.25, -0.2) is 4.98 Å². The molecular formula is C16H22N4OS. The van der Waals surface area contributed by atoms with Gasteiger partial charge in [0.25, 0.3) is 0 Å². The summed E-state index contributed by atoms with van der Waals surface area (Å²) in [6, 6.07) is 4.04. The molecule has 0 aliphatic heterocycles. The number of nitrogens with two attached hydrogens (primary N) is 2. The summed E-state index contributed by atoms with van der Waals surface area (Å²) in [6.07, 6.45) is 4.14. The number of nitrogens with zero attached hydrogens (tertiary/aromatic N) is 2. The normalized spacial score (nSPS) is 10.9. The van der Waals surface area contributed by atoms with Crippen LogP contribution in [0.25, 0.3) is 0 Å². The first-order chi connectivity index (χ1) is 10.5. The molecule has 0 aliphatic rings. The average Bonchev–Trinajstić information content (AvgIpc) is 2.50. The van der Waals surface area contributed by atoms with E-state index in [-0.39, 0.29) is 5.95 Å². The molecule has 1 aromatic carbocycles. The van der Waals surface area contributed by atoms with Crippen molar-refractivity contribution in [1.29, 1.82) is 0 Å². The molecule has 118 valence electrons. The molecule has 22 heavy (non-hydrogen) atoms. The second kappa shape index (κ2) is 6.87. The molecule has 2 aromatic rings. The van der Waals surface area contributed by atoms with E-state index < -0.39 is 0 Å². The van der Waals surface area contributed by atoms with Gasteiger partial charge in [0, 0.05) is 12.0 Å². The lowest BCUT2D eigenvalue weighted by Crippen LogP contribution is -2.07. The molecule has 6 heteroatoms. The molecule has 0 fully saturated rings. The quantitative estimate of drug-likeness (QED) is 0.579. The van der Waals surface area contributed by atoms with Crippen molar-refractivity contribution in [3.8, 4) is 5.75 Å². The topological polar surface area (TPSA) is 98.0 Å². The summed E-state index contributed by atoms with van der Waals surface area (Å²) < 4.78 is 0. The Labute approximate surface area is 135 Å². The lowest BCUT2D eigenvalue weighted by Gasteiger charge is -2.14. The molecule has 1 heterocycles. The van der Waals surface area contributed by atoms with Crippen LogP contribution in [-0.2, 0) is 19.3 Å². The number of phenols is 1. The zero-order chi connectivity index (χ0) is 16.3. The SMILES string of the molecule is CCc1cc(Cc2c(N)nc(N)nc2SC)cc(CC)c1O. The summed E-state index contributed by atoms with van der Waals surface area (Å²) in [5.74, 6) is 1.01. The van der Waals surface area contributed by atoms with Gasteiger partial charge < -0.3 is 16.6 Å². The van der Waals surface area contributed by atoms with Crippen LogP contribution in [0.2, 0.25) is 0 Å². The third kappa shape index (κ3) is 3.27. The molecule has 5 N–H and O–H groups in total. The molecule has 0 saturated carbocycles. The Bertz CT molecular complexity index is 663. The summed E-state index contributed by atoms with van der Waals surface area (Å²) in [7, 11) is 0. The number of hydrogen-bond donors (Lipinski definition) is 3. The highest BCUT2D eigenvalue weighted by atomic mass is 32.2. The fourth-order valence-corrected chi connectivity index (χ4v) is 3.12. The Balaban J connectivity index is 2.47. The van der Waals surface area contributed by atoms with Crippen molar-refractivity contribution in [1.82, 2.24) is 9.97 Å². The second-order valence-electron chi connectivity index (χ2n) is 5.10. The van der Waals surface area contributed by atoms with Gasteiger partial charge in [-0.15, -0.1) is 11.8 Å². The Morgan fingerprint density at radius 1 is 1.09 bits per heavy atom. The van der Waals surface area contributed by atoms with E-state index in [9.17, 15) is 5.11 Å². The fourth-order valence-electron chi connectivity index (χ4n) is 2.51. The van der Waals surface area contributed by atoms with Gasteiger partial charge in [0.1, 0.15) is 16.6 Å². The maximum Gasteiger partial charge on any atom is 0.223 e. The minimum Gasteiger partial charge on any atom is -0.507 e. The van der Waals surface area contributed by atoms with Crippen molar-refractivity contribution < 1.29 is 5.11 Å². The van der Waals surface area contributed by atoms with Crippen molar-refractivity contribution in [3.63, 3.8) is 0 Å². The Morgan fingerprint density at radius 3 is 2.18 bits per heavy atom. The molecule has 0 bridgehead atoms. The van der Waals surface area contributed by atoms with Crippen molar-refractivity contribution in [2.24, 2.45) is 0 Å². The van der Waals surface area contributed by atoms with Crippen molar-refractivity contribution in [2.75, 3.05) is 17.7 Å². The smallest absolute Gasteiger partial charge is 0.223 e. The van der Waals surface area contributed by atoms with E-state index in [4.69, 9.17) is 11.5 Å². The number of aromatic nitrogens is 2. The standard InChI is InChI=1S/C16H22N4OS/c1-4-10-6-9(7-11(5-2)13(10)21)8-12-14(17)19-16(18)20-15(12)22-3/h6-7,21H,4-5,8H2,1-3H3,(H4,17,18,19,20). The molecule has 0 amide bonds. The average molecular weight is 318 g/mol. The minimum atomic E-state index is 0.194. The Hall–Kier alpha value is -1.95. The molecule has 0 saturated heterocycles. The van der Waals surface area contributed by atoms with Crippen LogP contribution in [-0.4, -0.2) is 21.3 Å². The molecule has 0 spiro atoms. The highest BCUT2D eigenvalue weighted by Crippen LogP contribution is 2.30. The molecule has 5 nitrogen and oxygen atoms in total. The summed E-state index contributed by atoms with van der Waals surface area (Å²) >= 11 is 1.51. The predicted octanol–water partition coefficient (Wildman–Crippen LogP) is 2.78. The highest BCUT2D eigenvalue weighted by molar-refractivity contribution is 7.98. The first-order valence-corrected chi connectivity index (χ1v) is 8.52. The van der Waals surface area contributed by atoms with Crippen LogP contribution in [0.5, 0.6) is 5.75 Å². The first kappa shape index (κ1) is 16.4. The summed E-state index contributed by atoms with van der Waals surface area (Å²) in [5.41, 5.74) is 15.6. The molecular weight excluding hydrogens is 296 g/mol. The van der Waals surface area contributed by atoms with E-state index in [0.29, 0.717) is 18.0 Å². The Kier molecular flexibility index (Phi) is 5.13.